The van der Waals surface area contributed by atoms with E-state index in [4.69, 9.17) is 4.42 Å². The van der Waals surface area contributed by atoms with E-state index in [1.165, 1.54) is 64.6 Å². The molecule has 0 saturated heterocycles. The van der Waals surface area contributed by atoms with Crippen molar-refractivity contribution in [3.05, 3.63) is 199 Å². The lowest BCUT2D eigenvalue weighted by Gasteiger charge is -2.27. The van der Waals surface area contributed by atoms with Crippen molar-refractivity contribution in [3.63, 3.8) is 0 Å². The number of furan rings is 1. The Bertz CT molecular complexity index is 3420. The summed E-state index contributed by atoms with van der Waals surface area (Å²) in [5.74, 6) is 0. The third-order valence-corrected chi connectivity index (χ3v) is 13.6. The highest BCUT2D eigenvalue weighted by molar-refractivity contribution is 7.26. The van der Waals surface area contributed by atoms with Gasteiger partial charge in [0.25, 0.3) is 0 Å². The topological polar surface area (TPSA) is 16.4 Å². The van der Waals surface area contributed by atoms with Crippen LogP contribution in [-0.4, -0.2) is 0 Å². The van der Waals surface area contributed by atoms with Crippen molar-refractivity contribution in [2.75, 3.05) is 4.90 Å². The monoisotopic (exact) mass is 759 g/mol. The van der Waals surface area contributed by atoms with E-state index < -0.39 is 0 Å². The number of hydrogen-bond donors (Lipinski definition) is 0. The Morgan fingerprint density at radius 3 is 1.90 bits per heavy atom. The van der Waals surface area contributed by atoms with Crippen molar-refractivity contribution in [2.24, 2.45) is 0 Å². The Kier molecular flexibility index (Phi) is 7.18. The fourth-order valence-corrected chi connectivity index (χ4v) is 10.7. The summed E-state index contributed by atoms with van der Waals surface area (Å²) in [7, 11) is 0. The molecule has 0 saturated carbocycles. The molecule has 0 radical (unpaired) electrons. The minimum absolute atomic E-state index is 0.0445. The summed E-state index contributed by atoms with van der Waals surface area (Å²) in [6.45, 7) is 4.70. The highest BCUT2D eigenvalue weighted by Gasteiger charge is 2.35. The van der Waals surface area contributed by atoms with Gasteiger partial charge in [0.2, 0.25) is 0 Å². The molecule has 0 atom stereocenters. The lowest BCUT2D eigenvalue weighted by atomic mass is 9.81. The van der Waals surface area contributed by atoms with Gasteiger partial charge in [0.1, 0.15) is 11.2 Å². The maximum Gasteiger partial charge on any atom is 0.143 e. The van der Waals surface area contributed by atoms with E-state index in [1.54, 1.807) is 0 Å². The first-order valence-corrected chi connectivity index (χ1v) is 20.8. The SMILES string of the molecule is CC1(C)c2ccccc2-c2ccc(-c3ccc(N(c4ccc(-c5cccc6c5oc5c7ccccc7ccc65)cc4)c4cccc5sc6ccccc6c45)cc3)cc21. The predicted octanol–water partition coefficient (Wildman–Crippen LogP) is 16.2. The summed E-state index contributed by atoms with van der Waals surface area (Å²) >= 11 is 1.85. The number of fused-ring (bicyclic) bond motifs is 11. The number of para-hydroxylation sites is 1. The molecule has 12 rings (SSSR count). The van der Waals surface area contributed by atoms with Crippen LogP contribution in [0.15, 0.2) is 192 Å². The molecular formula is C55H37NOS. The van der Waals surface area contributed by atoms with Gasteiger partial charge in [0.05, 0.1) is 5.69 Å². The maximum absolute atomic E-state index is 6.74. The minimum atomic E-state index is -0.0445. The number of thiophene rings is 1. The van der Waals surface area contributed by atoms with Crippen molar-refractivity contribution < 1.29 is 4.42 Å². The van der Waals surface area contributed by atoms with Gasteiger partial charge < -0.3 is 9.32 Å². The van der Waals surface area contributed by atoms with Gasteiger partial charge in [-0.25, -0.2) is 0 Å². The van der Waals surface area contributed by atoms with Gasteiger partial charge in [-0.3, -0.25) is 0 Å². The van der Waals surface area contributed by atoms with E-state index in [2.05, 4.69) is 207 Å². The molecule has 58 heavy (non-hydrogen) atoms. The number of anilines is 3. The molecule has 2 nitrogen and oxygen atoms in total. The van der Waals surface area contributed by atoms with Crippen molar-refractivity contribution in [1.29, 1.82) is 0 Å². The lowest BCUT2D eigenvalue weighted by Crippen LogP contribution is -2.14. The molecule has 9 aromatic carbocycles. The molecule has 2 heterocycles. The quantitative estimate of drug-likeness (QED) is 0.174. The maximum atomic E-state index is 6.74. The lowest BCUT2D eigenvalue weighted by molar-refractivity contribution is 0.660. The highest BCUT2D eigenvalue weighted by atomic mass is 32.1. The standard InChI is InChI=1S/C55H37NOS/c1-55(2)47-17-7-5-13-42(47)43-31-26-37(33-48(43)55)34-21-27-38(28-22-34)56(49-18-10-20-51-52(49)46-14-6-8-19-50(46)58-51)39-29-23-36(24-30-39)41-15-9-16-44-45-32-25-35-11-3-4-12-40(35)54(45)57-53(41)44/h3-33H,1-2H3. The van der Waals surface area contributed by atoms with E-state index >= 15 is 0 Å². The summed E-state index contributed by atoms with van der Waals surface area (Å²) in [6.07, 6.45) is 0. The van der Waals surface area contributed by atoms with Crippen LogP contribution in [0.25, 0.3) is 86.3 Å². The van der Waals surface area contributed by atoms with Gasteiger partial charge in [-0.05, 0) is 98.9 Å². The zero-order valence-electron chi connectivity index (χ0n) is 32.2. The first kappa shape index (κ1) is 33.2. The van der Waals surface area contributed by atoms with Crippen molar-refractivity contribution >= 4 is 81.3 Å². The second-order valence-corrected chi connectivity index (χ2v) is 17.1. The minimum Gasteiger partial charge on any atom is -0.455 e. The van der Waals surface area contributed by atoms with Crippen LogP contribution in [0.1, 0.15) is 25.0 Å². The Balaban J connectivity index is 0.978. The van der Waals surface area contributed by atoms with Crippen LogP contribution >= 0.6 is 11.3 Å². The Labute approximate surface area is 340 Å². The van der Waals surface area contributed by atoms with E-state index in [0.29, 0.717) is 0 Å². The van der Waals surface area contributed by atoms with Crippen LogP contribution in [0.5, 0.6) is 0 Å². The largest absolute Gasteiger partial charge is 0.455 e. The zero-order chi connectivity index (χ0) is 38.5. The smallest absolute Gasteiger partial charge is 0.143 e. The Morgan fingerprint density at radius 2 is 1.05 bits per heavy atom. The second kappa shape index (κ2) is 12.5. The van der Waals surface area contributed by atoms with E-state index in [9.17, 15) is 0 Å². The van der Waals surface area contributed by atoms with Gasteiger partial charge in [-0.1, -0.05) is 147 Å². The van der Waals surface area contributed by atoms with Crippen molar-refractivity contribution in [2.45, 2.75) is 19.3 Å². The molecule has 274 valence electrons. The molecule has 2 aromatic heterocycles. The number of rotatable bonds is 5. The van der Waals surface area contributed by atoms with Crippen LogP contribution in [-0.2, 0) is 5.41 Å². The molecular weight excluding hydrogens is 723 g/mol. The van der Waals surface area contributed by atoms with Gasteiger partial charge >= 0.3 is 0 Å². The zero-order valence-corrected chi connectivity index (χ0v) is 33.0. The van der Waals surface area contributed by atoms with Crippen LogP contribution in [0.4, 0.5) is 17.1 Å². The third-order valence-electron chi connectivity index (χ3n) is 12.5. The predicted molar refractivity (Wildman–Crippen MR) is 247 cm³/mol. The number of nitrogens with zero attached hydrogens (tertiary/aromatic N) is 1. The molecule has 11 aromatic rings. The molecule has 0 bridgehead atoms. The fourth-order valence-electron chi connectivity index (χ4n) is 9.60. The third kappa shape index (κ3) is 4.90. The van der Waals surface area contributed by atoms with Crippen molar-refractivity contribution in [1.82, 2.24) is 0 Å². The first-order chi connectivity index (χ1) is 28.5. The van der Waals surface area contributed by atoms with E-state index in [0.717, 1.165) is 49.8 Å². The average Bonchev–Trinajstić information content (AvgIpc) is 3.93. The van der Waals surface area contributed by atoms with Gasteiger partial charge in [0, 0.05) is 58.7 Å². The Hall–Kier alpha value is -6.94. The van der Waals surface area contributed by atoms with E-state index in [1.807, 2.05) is 11.3 Å². The molecule has 0 N–H and O–H groups in total. The molecule has 0 spiro atoms. The summed E-state index contributed by atoms with van der Waals surface area (Å²) in [6, 6.07) is 68.8. The molecule has 3 heteroatoms. The highest BCUT2D eigenvalue weighted by Crippen LogP contribution is 2.50. The first-order valence-electron chi connectivity index (χ1n) is 20.0. The molecule has 0 aliphatic heterocycles. The summed E-state index contributed by atoms with van der Waals surface area (Å²) in [5, 5.41) is 7.16. The molecule has 1 aliphatic rings. The molecule has 1 aliphatic carbocycles. The fraction of sp³-hybridized carbons (Fsp3) is 0.0545. The van der Waals surface area contributed by atoms with Crippen LogP contribution in [0.2, 0.25) is 0 Å². The Morgan fingerprint density at radius 1 is 0.431 bits per heavy atom. The number of hydrogen-bond acceptors (Lipinski definition) is 3. The number of benzene rings is 9. The average molecular weight is 760 g/mol. The molecule has 0 amide bonds. The van der Waals surface area contributed by atoms with Crippen molar-refractivity contribution in [3.8, 4) is 33.4 Å². The second-order valence-electron chi connectivity index (χ2n) is 16.1. The van der Waals surface area contributed by atoms with Crippen LogP contribution in [0.3, 0.4) is 0 Å². The van der Waals surface area contributed by atoms with Gasteiger partial charge in [-0.2, -0.15) is 0 Å². The molecule has 0 unspecified atom stereocenters. The summed E-state index contributed by atoms with van der Waals surface area (Å²) in [5.41, 5.74) is 15.3. The van der Waals surface area contributed by atoms with E-state index in [-0.39, 0.29) is 5.41 Å². The molecule has 0 fully saturated rings. The van der Waals surface area contributed by atoms with Gasteiger partial charge in [0.15, 0.2) is 0 Å². The van der Waals surface area contributed by atoms with Crippen LogP contribution < -0.4 is 4.90 Å². The summed E-state index contributed by atoms with van der Waals surface area (Å²) < 4.78 is 9.31. The van der Waals surface area contributed by atoms with Crippen LogP contribution in [0, 0.1) is 0 Å². The summed E-state index contributed by atoms with van der Waals surface area (Å²) in [4.78, 5) is 2.42. The normalized spacial score (nSPS) is 13.1. The van der Waals surface area contributed by atoms with Gasteiger partial charge in [-0.15, -0.1) is 11.3 Å².